The van der Waals surface area contributed by atoms with Crippen LogP contribution in [-0.2, 0) is 16.1 Å². The normalized spacial score (nSPS) is 11.7. The monoisotopic (exact) mass is 601 g/mol. The molecule has 214 valence electrons. The summed E-state index contributed by atoms with van der Waals surface area (Å²) in [5.74, 6) is -0.806. The Bertz CT molecular complexity index is 1610. The molecule has 0 bridgehead atoms. The van der Waals surface area contributed by atoms with E-state index in [1.54, 1.807) is 25.6 Å². The van der Waals surface area contributed by atoms with E-state index in [1.807, 2.05) is 72.8 Å². The Morgan fingerprint density at radius 2 is 1.79 bits per heavy atom. The SMILES string of the molecule is COCOCc1ccccc1C(CNC(=O)c1nccc(Sc2cnc(Nc3ccccn3)s2)c1F)c1ccccc1. The van der Waals surface area contributed by atoms with Crippen LogP contribution in [0.5, 0.6) is 0 Å². The number of ether oxygens (including phenoxy) is 2. The molecule has 5 rings (SSSR count). The highest BCUT2D eigenvalue weighted by molar-refractivity contribution is 8.01. The zero-order valence-corrected chi connectivity index (χ0v) is 24.3. The van der Waals surface area contributed by atoms with Crippen molar-refractivity contribution in [1.82, 2.24) is 20.3 Å². The molecule has 1 atom stereocenters. The van der Waals surface area contributed by atoms with Gasteiger partial charge in [-0.2, -0.15) is 0 Å². The number of benzene rings is 2. The Labute approximate surface area is 251 Å². The molecular weight excluding hydrogens is 574 g/mol. The van der Waals surface area contributed by atoms with Gasteiger partial charge in [0.2, 0.25) is 0 Å². The number of anilines is 2. The van der Waals surface area contributed by atoms with Crippen LogP contribution in [-0.4, -0.2) is 41.3 Å². The third-order valence-electron chi connectivity index (χ3n) is 6.22. The maximum absolute atomic E-state index is 15.6. The molecule has 8 nitrogen and oxygen atoms in total. The van der Waals surface area contributed by atoms with Crippen molar-refractivity contribution >= 4 is 40.0 Å². The first kappa shape index (κ1) is 29.3. The summed E-state index contributed by atoms with van der Waals surface area (Å²) < 4.78 is 27.0. The van der Waals surface area contributed by atoms with E-state index in [0.29, 0.717) is 17.6 Å². The predicted octanol–water partition coefficient (Wildman–Crippen LogP) is 6.65. The van der Waals surface area contributed by atoms with Gasteiger partial charge in [-0.15, -0.1) is 0 Å². The largest absolute Gasteiger partial charge is 0.359 e. The van der Waals surface area contributed by atoms with Crippen LogP contribution in [0.1, 0.15) is 33.1 Å². The second-order valence-electron chi connectivity index (χ2n) is 9.03. The number of amides is 1. The molecule has 0 saturated carbocycles. The minimum absolute atomic E-state index is 0.171. The number of halogens is 1. The van der Waals surface area contributed by atoms with E-state index < -0.39 is 11.7 Å². The molecule has 0 aliphatic carbocycles. The molecule has 42 heavy (non-hydrogen) atoms. The van der Waals surface area contributed by atoms with Gasteiger partial charge in [-0.1, -0.05) is 83.8 Å². The Morgan fingerprint density at radius 3 is 2.60 bits per heavy atom. The Kier molecular flexibility index (Phi) is 10.2. The highest BCUT2D eigenvalue weighted by atomic mass is 32.2. The van der Waals surface area contributed by atoms with Gasteiger partial charge in [0.1, 0.15) is 12.6 Å². The summed E-state index contributed by atoms with van der Waals surface area (Å²) in [4.78, 5) is 26.2. The van der Waals surface area contributed by atoms with E-state index in [0.717, 1.165) is 20.9 Å². The minimum atomic E-state index is -0.683. The maximum Gasteiger partial charge on any atom is 0.273 e. The van der Waals surface area contributed by atoms with E-state index in [9.17, 15) is 4.79 Å². The van der Waals surface area contributed by atoms with E-state index in [1.165, 1.54) is 29.3 Å². The zero-order valence-electron chi connectivity index (χ0n) is 22.7. The van der Waals surface area contributed by atoms with Gasteiger partial charge < -0.3 is 20.1 Å². The van der Waals surface area contributed by atoms with Crippen molar-refractivity contribution in [2.45, 2.75) is 21.6 Å². The summed E-state index contributed by atoms with van der Waals surface area (Å²) in [6.07, 6.45) is 4.77. The number of nitrogens with zero attached hydrogens (tertiary/aromatic N) is 3. The molecule has 1 unspecified atom stereocenters. The number of thiazole rings is 1. The molecule has 11 heteroatoms. The molecule has 5 aromatic rings. The molecule has 3 heterocycles. The molecule has 0 fully saturated rings. The van der Waals surface area contributed by atoms with Crippen LogP contribution >= 0.6 is 23.1 Å². The standard InChI is InChI=1S/C31H28FN5O3S2/c1-39-20-40-19-22-11-5-6-12-23(22)24(21-9-3-2-4-10-21)17-35-30(38)29-28(32)25(14-16-34-29)41-27-18-36-31(42-27)37-26-13-7-8-15-33-26/h2-16,18,24H,17,19-20H2,1H3,(H,35,38)(H,33,36,37). The van der Waals surface area contributed by atoms with Crippen molar-refractivity contribution in [2.75, 3.05) is 25.8 Å². The number of carbonyl (C=O) groups is 1. The fraction of sp³-hybridized carbons (Fsp3) is 0.161. The predicted molar refractivity (Wildman–Crippen MR) is 162 cm³/mol. The molecule has 0 aliphatic heterocycles. The number of pyridine rings is 2. The number of hydrogen-bond donors (Lipinski definition) is 2. The Morgan fingerprint density at radius 1 is 0.976 bits per heavy atom. The zero-order chi connectivity index (χ0) is 29.1. The number of carbonyl (C=O) groups excluding carboxylic acids is 1. The summed E-state index contributed by atoms with van der Waals surface area (Å²) >= 11 is 2.54. The van der Waals surface area contributed by atoms with Crippen LogP contribution < -0.4 is 10.6 Å². The first-order valence-corrected chi connectivity index (χ1v) is 14.7. The summed E-state index contributed by atoms with van der Waals surface area (Å²) in [5, 5.41) is 6.66. The fourth-order valence-corrected chi connectivity index (χ4v) is 6.16. The lowest BCUT2D eigenvalue weighted by Crippen LogP contribution is -2.30. The first-order chi connectivity index (χ1) is 20.6. The van der Waals surface area contributed by atoms with Gasteiger partial charge in [0, 0.05) is 32.0 Å². The van der Waals surface area contributed by atoms with Crippen LogP contribution in [0.3, 0.4) is 0 Å². The lowest BCUT2D eigenvalue weighted by molar-refractivity contribution is -0.0392. The summed E-state index contributed by atoms with van der Waals surface area (Å²) in [6, 6.07) is 24.8. The van der Waals surface area contributed by atoms with Crippen LogP contribution in [0.25, 0.3) is 0 Å². The second kappa shape index (κ2) is 14.6. The number of methoxy groups -OCH3 is 1. The van der Waals surface area contributed by atoms with E-state index >= 15 is 4.39 Å². The molecule has 3 aromatic heterocycles. The topological polar surface area (TPSA) is 98.3 Å². The number of rotatable bonds is 13. The third kappa shape index (κ3) is 7.56. The number of hydrogen-bond acceptors (Lipinski definition) is 9. The van der Waals surface area contributed by atoms with E-state index in [4.69, 9.17) is 9.47 Å². The van der Waals surface area contributed by atoms with E-state index in [2.05, 4.69) is 25.6 Å². The summed E-state index contributed by atoms with van der Waals surface area (Å²) in [5.41, 5.74) is 2.72. The van der Waals surface area contributed by atoms with Crippen molar-refractivity contribution in [3.05, 3.63) is 126 Å². The molecule has 2 aromatic carbocycles. The molecule has 0 radical (unpaired) electrons. The fourth-order valence-electron chi connectivity index (χ4n) is 4.29. The van der Waals surface area contributed by atoms with Gasteiger partial charge in [0.05, 0.1) is 21.9 Å². The van der Waals surface area contributed by atoms with Gasteiger partial charge in [-0.3, -0.25) is 4.79 Å². The minimum Gasteiger partial charge on any atom is -0.359 e. The summed E-state index contributed by atoms with van der Waals surface area (Å²) in [6.45, 7) is 0.761. The lowest BCUT2D eigenvalue weighted by atomic mass is 9.88. The summed E-state index contributed by atoms with van der Waals surface area (Å²) in [7, 11) is 1.57. The molecule has 2 N–H and O–H groups in total. The highest BCUT2D eigenvalue weighted by Crippen LogP contribution is 2.36. The van der Waals surface area contributed by atoms with Crippen molar-refractivity contribution in [3.8, 4) is 0 Å². The second-order valence-corrected chi connectivity index (χ2v) is 11.4. The van der Waals surface area contributed by atoms with E-state index in [-0.39, 0.29) is 29.8 Å². The van der Waals surface area contributed by atoms with Gasteiger partial charge in [0.15, 0.2) is 16.6 Å². The molecular formula is C31H28FN5O3S2. The average Bonchev–Trinajstić information content (AvgIpc) is 3.46. The van der Waals surface area contributed by atoms with Crippen molar-refractivity contribution in [3.63, 3.8) is 0 Å². The van der Waals surface area contributed by atoms with Gasteiger partial charge in [-0.05, 0) is 34.9 Å². The highest BCUT2D eigenvalue weighted by Gasteiger charge is 2.22. The van der Waals surface area contributed by atoms with Crippen molar-refractivity contribution < 1.29 is 18.7 Å². The quantitative estimate of drug-likeness (QED) is 0.114. The smallest absolute Gasteiger partial charge is 0.273 e. The van der Waals surface area contributed by atoms with Crippen LogP contribution in [0.2, 0.25) is 0 Å². The number of aromatic nitrogens is 3. The Balaban J connectivity index is 1.30. The molecule has 0 saturated heterocycles. The number of nitrogens with one attached hydrogen (secondary N) is 2. The third-order valence-corrected chi connectivity index (χ3v) is 8.27. The van der Waals surface area contributed by atoms with Gasteiger partial charge >= 0.3 is 0 Å². The van der Waals surface area contributed by atoms with Gasteiger partial charge in [-0.25, -0.2) is 19.3 Å². The maximum atomic E-state index is 15.6. The Hall–Kier alpha value is -4.16. The molecule has 0 spiro atoms. The lowest BCUT2D eigenvalue weighted by Gasteiger charge is -2.22. The van der Waals surface area contributed by atoms with Crippen LogP contribution in [0.4, 0.5) is 15.3 Å². The van der Waals surface area contributed by atoms with Crippen molar-refractivity contribution in [1.29, 1.82) is 0 Å². The molecule has 1 amide bonds. The van der Waals surface area contributed by atoms with Crippen LogP contribution in [0.15, 0.2) is 107 Å². The van der Waals surface area contributed by atoms with Crippen molar-refractivity contribution in [2.24, 2.45) is 0 Å². The van der Waals surface area contributed by atoms with Crippen LogP contribution in [0, 0.1) is 5.82 Å². The average molecular weight is 602 g/mol. The molecule has 0 aliphatic rings. The first-order valence-electron chi connectivity index (χ1n) is 13.1. The van der Waals surface area contributed by atoms with Gasteiger partial charge in [0.25, 0.3) is 5.91 Å².